The lowest BCUT2D eigenvalue weighted by molar-refractivity contribution is -0.172. The Labute approximate surface area is 115 Å². The fraction of sp³-hybridized carbons (Fsp3) is 0.500. The first-order valence-electron chi connectivity index (χ1n) is 6.31. The second-order valence-corrected chi connectivity index (χ2v) is 5.04. The summed E-state index contributed by atoms with van der Waals surface area (Å²) in [5, 5.41) is 0. The van der Waals surface area contributed by atoms with E-state index in [2.05, 4.69) is 0 Å². The zero-order valence-corrected chi connectivity index (χ0v) is 11.4. The Morgan fingerprint density at radius 3 is 2.25 bits per heavy atom. The Bertz CT molecular complexity index is 432. The SMILES string of the molecule is CC(C)C[C@H](C(=O)Oc1ccccc1)[C@H](N)C(F)(F)F. The van der Waals surface area contributed by atoms with Crippen molar-refractivity contribution in [2.75, 3.05) is 0 Å². The van der Waals surface area contributed by atoms with E-state index >= 15 is 0 Å². The maximum Gasteiger partial charge on any atom is 0.404 e. The molecule has 0 aromatic heterocycles. The van der Waals surface area contributed by atoms with Gasteiger partial charge in [-0.2, -0.15) is 13.2 Å². The van der Waals surface area contributed by atoms with Crippen LogP contribution in [0.25, 0.3) is 0 Å². The van der Waals surface area contributed by atoms with Crippen LogP contribution >= 0.6 is 0 Å². The lowest BCUT2D eigenvalue weighted by Crippen LogP contribution is -2.48. The van der Waals surface area contributed by atoms with Gasteiger partial charge < -0.3 is 10.5 Å². The first-order chi connectivity index (χ1) is 9.21. The topological polar surface area (TPSA) is 52.3 Å². The van der Waals surface area contributed by atoms with Gasteiger partial charge in [0.05, 0.1) is 5.92 Å². The largest absolute Gasteiger partial charge is 0.426 e. The van der Waals surface area contributed by atoms with Crippen LogP contribution in [0, 0.1) is 11.8 Å². The summed E-state index contributed by atoms with van der Waals surface area (Å²) in [6.07, 6.45) is -4.61. The summed E-state index contributed by atoms with van der Waals surface area (Å²) >= 11 is 0. The average molecular weight is 289 g/mol. The lowest BCUT2D eigenvalue weighted by Gasteiger charge is -2.25. The van der Waals surface area contributed by atoms with Crippen molar-refractivity contribution in [3.05, 3.63) is 30.3 Å². The highest BCUT2D eigenvalue weighted by atomic mass is 19.4. The number of carbonyl (C=O) groups is 1. The summed E-state index contributed by atoms with van der Waals surface area (Å²) in [4.78, 5) is 11.9. The maximum absolute atomic E-state index is 12.7. The van der Waals surface area contributed by atoms with Crippen LogP contribution < -0.4 is 10.5 Å². The highest BCUT2D eigenvalue weighted by Crippen LogP contribution is 2.29. The molecule has 1 aromatic rings. The molecule has 3 nitrogen and oxygen atoms in total. The number of para-hydroxylation sites is 1. The van der Waals surface area contributed by atoms with Gasteiger partial charge in [0.2, 0.25) is 0 Å². The zero-order valence-electron chi connectivity index (χ0n) is 11.4. The lowest BCUT2D eigenvalue weighted by atomic mass is 9.90. The third-order valence-corrected chi connectivity index (χ3v) is 2.80. The van der Waals surface area contributed by atoms with Crippen molar-refractivity contribution in [3.63, 3.8) is 0 Å². The molecule has 20 heavy (non-hydrogen) atoms. The molecule has 0 radical (unpaired) electrons. The Morgan fingerprint density at radius 2 is 1.80 bits per heavy atom. The van der Waals surface area contributed by atoms with Gasteiger partial charge in [-0.05, 0) is 24.5 Å². The van der Waals surface area contributed by atoms with Gasteiger partial charge in [0.1, 0.15) is 11.8 Å². The summed E-state index contributed by atoms with van der Waals surface area (Å²) < 4.78 is 43.1. The number of alkyl halides is 3. The van der Waals surface area contributed by atoms with E-state index in [4.69, 9.17) is 10.5 Å². The molecule has 0 unspecified atom stereocenters. The Morgan fingerprint density at radius 1 is 1.25 bits per heavy atom. The molecule has 112 valence electrons. The molecule has 0 aliphatic carbocycles. The van der Waals surface area contributed by atoms with Crippen molar-refractivity contribution in [3.8, 4) is 5.75 Å². The normalized spacial score (nSPS) is 14.9. The Balaban J connectivity index is 2.85. The van der Waals surface area contributed by atoms with Crippen molar-refractivity contribution < 1.29 is 22.7 Å². The number of esters is 1. The first-order valence-corrected chi connectivity index (χ1v) is 6.31. The molecular weight excluding hydrogens is 271 g/mol. The van der Waals surface area contributed by atoms with Crippen molar-refractivity contribution in [1.82, 2.24) is 0 Å². The second kappa shape index (κ2) is 6.74. The van der Waals surface area contributed by atoms with Crippen molar-refractivity contribution >= 4 is 5.97 Å². The fourth-order valence-electron chi connectivity index (χ4n) is 1.81. The average Bonchev–Trinajstić information content (AvgIpc) is 2.35. The Hall–Kier alpha value is -1.56. The van der Waals surface area contributed by atoms with Gasteiger partial charge in [0, 0.05) is 0 Å². The second-order valence-electron chi connectivity index (χ2n) is 5.04. The number of ether oxygens (including phenoxy) is 1. The molecule has 1 rings (SSSR count). The van der Waals surface area contributed by atoms with E-state index in [1.807, 2.05) is 0 Å². The van der Waals surface area contributed by atoms with E-state index in [1.54, 1.807) is 32.0 Å². The van der Waals surface area contributed by atoms with Gasteiger partial charge in [-0.25, -0.2) is 0 Å². The molecule has 0 heterocycles. The van der Waals surface area contributed by atoms with Crippen molar-refractivity contribution in [1.29, 1.82) is 0 Å². The maximum atomic E-state index is 12.7. The highest BCUT2D eigenvalue weighted by Gasteiger charge is 2.45. The molecule has 2 atom stereocenters. The minimum atomic E-state index is -4.63. The number of halogens is 3. The molecule has 1 aromatic carbocycles. The van der Waals surface area contributed by atoms with Crippen LogP contribution in [-0.2, 0) is 4.79 Å². The van der Waals surface area contributed by atoms with E-state index in [1.165, 1.54) is 12.1 Å². The summed E-state index contributed by atoms with van der Waals surface area (Å²) in [6, 6.07) is 5.76. The van der Waals surface area contributed by atoms with Crippen LogP contribution in [0.4, 0.5) is 13.2 Å². The Kier molecular flexibility index (Phi) is 5.56. The van der Waals surface area contributed by atoms with Crippen LogP contribution in [0.15, 0.2) is 30.3 Å². The minimum absolute atomic E-state index is 0.0202. The number of rotatable bonds is 5. The smallest absolute Gasteiger partial charge is 0.404 e. The fourth-order valence-corrected chi connectivity index (χ4v) is 1.81. The van der Waals surface area contributed by atoms with E-state index in [0.717, 1.165) is 0 Å². The van der Waals surface area contributed by atoms with Gasteiger partial charge >= 0.3 is 12.1 Å². The van der Waals surface area contributed by atoms with Gasteiger partial charge in [-0.15, -0.1) is 0 Å². The van der Waals surface area contributed by atoms with Crippen LogP contribution in [0.2, 0.25) is 0 Å². The van der Waals surface area contributed by atoms with E-state index in [9.17, 15) is 18.0 Å². The third kappa shape index (κ3) is 4.85. The van der Waals surface area contributed by atoms with Gasteiger partial charge in [0.25, 0.3) is 0 Å². The molecule has 0 spiro atoms. The van der Waals surface area contributed by atoms with Crippen LogP contribution in [-0.4, -0.2) is 18.2 Å². The molecule has 0 amide bonds. The molecule has 0 bridgehead atoms. The van der Waals surface area contributed by atoms with Gasteiger partial charge in [-0.3, -0.25) is 4.79 Å². The predicted molar refractivity (Wildman–Crippen MR) is 69.1 cm³/mol. The molecule has 0 saturated carbocycles. The summed E-state index contributed by atoms with van der Waals surface area (Å²) in [5.74, 6) is -2.25. The van der Waals surface area contributed by atoms with E-state index in [0.29, 0.717) is 0 Å². The third-order valence-electron chi connectivity index (χ3n) is 2.80. The van der Waals surface area contributed by atoms with Crippen LogP contribution in [0.3, 0.4) is 0 Å². The molecule has 0 fully saturated rings. The van der Waals surface area contributed by atoms with Gasteiger partial charge in [0.15, 0.2) is 0 Å². The first kappa shape index (κ1) is 16.5. The minimum Gasteiger partial charge on any atom is -0.426 e. The predicted octanol–water partition coefficient (Wildman–Crippen LogP) is 3.14. The molecule has 0 saturated heterocycles. The standard InChI is InChI=1S/C14H18F3NO2/c1-9(2)8-11(12(18)14(15,16)17)13(19)20-10-6-4-3-5-7-10/h3-7,9,11-12H,8,18H2,1-2H3/t11-,12-/m0/s1. The molecule has 0 aliphatic rings. The van der Waals surface area contributed by atoms with Gasteiger partial charge in [-0.1, -0.05) is 32.0 Å². The van der Waals surface area contributed by atoms with Crippen LogP contribution in [0.1, 0.15) is 20.3 Å². The molecule has 0 aliphatic heterocycles. The summed E-state index contributed by atoms with van der Waals surface area (Å²) in [6.45, 7) is 3.46. The number of nitrogens with two attached hydrogens (primary N) is 1. The van der Waals surface area contributed by atoms with Crippen molar-refractivity contribution in [2.24, 2.45) is 17.6 Å². The molecular formula is C14H18F3NO2. The number of hydrogen-bond donors (Lipinski definition) is 1. The monoisotopic (exact) mass is 289 g/mol. The number of carbonyl (C=O) groups excluding carboxylic acids is 1. The molecule has 6 heteroatoms. The number of benzene rings is 1. The number of hydrogen-bond acceptors (Lipinski definition) is 3. The summed E-state index contributed by atoms with van der Waals surface area (Å²) in [7, 11) is 0. The van der Waals surface area contributed by atoms with Crippen molar-refractivity contribution in [2.45, 2.75) is 32.5 Å². The van der Waals surface area contributed by atoms with Crippen LogP contribution in [0.5, 0.6) is 5.75 Å². The van der Waals surface area contributed by atoms with E-state index in [-0.39, 0.29) is 18.1 Å². The summed E-state index contributed by atoms with van der Waals surface area (Å²) in [5.41, 5.74) is 5.17. The zero-order chi connectivity index (χ0) is 15.3. The van der Waals surface area contributed by atoms with E-state index < -0.39 is 24.1 Å². The quantitative estimate of drug-likeness (QED) is 0.669. The molecule has 2 N–H and O–H groups in total. The highest BCUT2D eigenvalue weighted by molar-refractivity contribution is 5.76.